The summed E-state index contributed by atoms with van der Waals surface area (Å²) in [6.07, 6.45) is 1.31. The van der Waals surface area contributed by atoms with Crippen LogP contribution in [0.3, 0.4) is 0 Å². The molecule has 0 saturated carbocycles. The van der Waals surface area contributed by atoms with E-state index in [0.717, 1.165) is 0 Å². The van der Waals surface area contributed by atoms with E-state index in [1.165, 1.54) is 12.3 Å². The normalized spacial score (nSPS) is 10.0. The van der Waals surface area contributed by atoms with Gasteiger partial charge in [-0.1, -0.05) is 12.1 Å². The Morgan fingerprint density at radius 3 is 2.70 bits per heavy atom. The molecule has 6 nitrogen and oxygen atoms in total. The molecule has 0 aliphatic heterocycles. The number of amides is 1. The monoisotopic (exact) mass is 272 g/mol. The van der Waals surface area contributed by atoms with Gasteiger partial charge in [-0.25, -0.2) is 0 Å². The standard InChI is InChI=1S/C14H12N2O4/c17-12(18)8-9-3-1-4-10(7-9)16-14(20)11-5-2-6-15-13(11)19/h1-7H,8H2,(H,15,19)(H,16,20)(H,17,18). The van der Waals surface area contributed by atoms with Gasteiger partial charge in [-0.2, -0.15) is 0 Å². The number of pyridine rings is 1. The molecule has 0 atom stereocenters. The first-order chi connectivity index (χ1) is 9.56. The Labute approximate surface area is 114 Å². The number of aliphatic carboxylic acids is 1. The summed E-state index contributed by atoms with van der Waals surface area (Å²) >= 11 is 0. The Bertz CT molecular complexity index is 706. The van der Waals surface area contributed by atoms with Crippen molar-refractivity contribution in [1.82, 2.24) is 4.98 Å². The quantitative estimate of drug-likeness (QED) is 0.780. The summed E-state index contributed by atoms with van der Waals surface area (Å²) in [5, 5.41) is 11.3. The van der Waals surface area contributed by atoms with E-state index in [2.05, 4.69) is 10.3 Å². The number of carbonyl (C=O) groups is 2. The number of anilines is 1. The Hall–Kier alpha value is -2.89. The van der Waals surface area contributed by atoms with Crippen LogP contribution in [0.2, 0.25) is 0 Å². The smallest absolute Gasteiger partial charge is 0.307 e. The second-order valence-corrected chi connectivity index (χ2v) is 4.14. The number of rotatable bonds is 4. The van der Waals surface area contributed by atoms with Crippen molar-refractivity contribution in [2.24, 2.45) is 0 Å². The average Bonchev–Trinajstić information content (AvgIpc) is 2.38. The van der Waals surface area contributed by atoms with Gasteiger partial charge in [0.25, 0.3) is 11.5 Å². The van der Waals surface area contributed by atoms with Crippen LogP contribution in [-0.2, 0) is 11.2 Å². The Balaban J connectivity index is 2.18. The van der Waals surface area contributed by atoms with E-state index in [1.54, 1.807) is 30.3 Å². The fraction of sp³-hybridized carbons (Fsp3) is 0.0714. The number of nitrogens with one attached hydrogen (secondary N) is 2. The molecular formula is C14H12N2O4. The lowest BCUT2D eigenvalue weighted by molar-refractivity contribution is -0.136. The highest BCUT2D eigenvalue weighted by Gasteiger charge is 2.10. The highest BCUT2D eigenvalue weighted by molar-refractivity contribution is 6.04. The molecule has 1 aromatic heterocycles. The molecule has 0 aliphatic carbocycles. The zero-order valence-corrected chi connectivity index (χ0v) is 10.4. The number of carbonyl (C=O) groups excluding carboxylic acids is 1. The molecule has 1 heterocycles. The van der Waals surface area contributed by atoms with E-state index in [-0.39, 0.29) is 12.0 Å². The van der Waals surface area contributed by atoms with Crippen LogP contribution in [0.1, 0.15) is 15.9 Å². The lowest BCUT2D eigenvalue weighted by atomic mass is 10.1. The first-order valence-corrected chi connectivity index (χ1v) is 5.86. The summed E-state index contributed by atoms with van der Waals surface area (Å²) in [7, 11) is 0. The zero-order valence-electron chi connectivity index (χ0n) is 10.4. The maximum absolute atomic E-state index is 11.9. The van der Waals surface area contributed by atoms with Gasteiger partial charge in [0, 0.05) is 11.9 Å². The number of aromatic nitrogens is 1. The third-order valence-electron chi connectivity index (χ3n) is 2.60. The summed E-state index contributed by atoms with van der Waals surface area (Å²) < 4.78 is 0. The van der Waals surface area contributed by atoms with Crippen molar-refractivity contribution in [2.75, 3.05) is 5.32 Å². The van der Waals surface area contributed by atoms with E-state index < -0.39 is 17.4 Å². The van der Waals surface area contributed by atoms with Crippen LogP contribution in [0, 0.1) is 0 Å². The van der Waals surface area contributed by atoms with Crippen molar-refractivity contribution in [3.8, 4) is 0 Å². The molecule has 2 aromatic rings. The molecule has 3 N–H and O–H groups in total. The summed E-state index contributed by atoms with van der Waals surface area (Å²) in [6, 6.07) is 9.44. The second kappa shape index (κ2) is 5.83. The van der Waals surface area contributed by atoms with E-state index in [4.69, 9.17) is 5.11 Å². The van der Waals surface area contributed by atoms with Gasteiger partial charge in [0.05, 0.1) is 6.42 Å². The summed E-state index contributed by atoms with van der Waals surface area (Å²) in [6.45, 7) is 0. The number of carboxylic acid groups (broad SMARTS) is 1. The molecule has 0 aliphatic rings. The minimum absolute atomic E-state index is 0.00358. The fourth-order valence-electron chi connectivity index (χ4n) is 1.73. The predicted octanol–water partition coefficient (Wildman–Crippen LogP) is 1.25. The van der Waals surface area contributed by atoms with E-state index in [0.29, 0.717) is 11.3 Å². The molecule has 1 aromatic carbocycles. The van der Waals surface area contributed by atoms with Crippen molar-refractivity contribution in [1.29, 1.82) is 0 Å². The van der Waals surface area contributed by atoms with Crippen molar-refractivity contribution in [3.05, 3.63) is 64.1 Å². The molecular weight excluding hydrogens is 260 g/mol. The van der Waals surface area contributed by atoms with Gasteiger partial charge in [-0.05, 0) is 29.8 Å². The highest BCUT2D eigenvalue weighted by atomic mass is 16.4. The van der Waals surface area contributed by atoms with Gasteiger partial charge in [-0.3, -0.25) is 14.4 Å². The number of hydrogen-bond donors (Lipinski definition) is 3. The third-order valence-corrected chi connectivity index (χ3v) is 2.60. The zero-order chi connectivity index (χ0) is 14.5. The molecule has 0 fully saturated rings. The summed E-state index contributed by atoms with van der Waals surface area (Å²) in [4.78, 5) is 36.4. The highest BCUT2D eigenvalue weighted by Crippen LogP contribution is 2.12. The molecule has 6 heteroatoms. The summed E-state index contributed by atoms with van der Waals surface area (Å²) in [5.74, 6) is -1.49. The van der Waals surface area contributed by atoms with E-state index >= 15 is 0 Å². The van der Waals surface area contributed by atoms with Crippen LogP contribution >= 0.6 is 0 Å². The number of hydrogen-bond acceptors (Lipinski definition) is 3. The molecule has 1 amide bonds. The Morgan fingerprint density at radius 1 is 1.20 bits per heavy atom. The number of carboxylic acids is 1. The van der Waals surface area contributed by atoms with Gasteiger partial charge >= 0.3 is 5.97 Å². The summed E-state index contributed by atoms with van der Waals surface area (Å²) in [5.41, 5.74) is 0.525. The lowest BCUT2D eigenvalue weighted by Crippen LogP contribution is -2.22. The molecule has 0 saturated heterocycles. The average molecular weight is 272 g/mol. The molecule has 2 rings (SSSR count). The van der Waals surface area contributed by atoms with Gasteiger partial charge in [0.15, 0.2) is 0 Å². The van der Waals surface area contributed by atoms with Crippen LogP contribution in [0.15, 0.2) is 47.4 Å². The number of H-pyrrole nitrogens is 1. The minimum atomic E-state index is -0.951. The fourth-order valence-corrected chi connectivity index (χ4v) is 1.73. The van der Waals surface area contributed by atoms with Crippen LogP contribution in [-0.4, -0.2) is 22.0 Å². The van der Waals surface area contributed by atoms with Gasteiger partial charge in [0.2, 0.25) is 0 Å². The molecule has 0 bridgehead atoms. The second-order valence-electron chi connectivity index (χ2n) is 4.14. The van der Waals surface area contributed by atoms with Gasteiger partial charge in [0.1, 0.15) is 5.56 Å². The molecule has 0 unspecified atom stereocenters. The molecule has 20 heavy (non-hydrogen) atoms. The number of benzene rings is 1. The van der Waals surface area contributed by atoms with Crippen molar-refractivity contribution in [2.45, 2.75) is 6.42 Å². The topological polar surface area (TPSA) is 99.3 Å². The van der Waals surface area contributed by atoms with E-state index in [9.17, 15) is 14.4 Å². The van der Waals surface area contributed by atoms with Gasteiger partial charge in [-0.15, -0.1) is 0 Å². The Morgan fingerprint density at radius 2 is 2.00 bits per heavy atom. The third kappa shape index (κ3) is 3.32. The number of aromatic amines is 1. The van der Waals surface area contributed by atoms with E-state index in [1.807, 2.05) is 0 Å². The van der Waals surface area contributed by atoms with Crippen molar-refractivity contribution >= 4 is 17.6 Å². The van der Waals surface area contributed by atoms with Crippen LogP contribution in [0.25, 0.3) is 0 Å². The maximum Gasteiger partial charge on any atom is 0.307 e. The molecule has 0 radical (unpaired) electrons. The van der Waals surface area contributed by atoms with Crippen LogP contribution < -0.4 is 10.9 Å². The van der Waals surface area contributed by atoms with Crippen LogP contribution in [0.5, 0.6) is 0 Å². The first-order valence-electron chi connectivity index (χ1n) is 5.86. The first kappa shape index (κ1) is 13.5. The van der Waals surface area contributed by atoms with Gasteiger partial charge < -0.3 is 15.4 Å². The maximum atomic E-state index is 11.9. The van der Waals surface area contributed by atoms with Crippen molar-refractivity contribution < 1.29 is 14.7 Å². The Kier molecular flexibility index (Phi) is 3.95. The lowest BCUT2D eigenvalue weighted by Gasteiger charge is -2.06. The molecule has 102 valence electrons. The minimum Gasteiger partial charge on any atom is -0.481 e. The largest absolute Gasteiger partial charge is 0.481 e. The van der Waals surface area contributed by atoms with Crippen molar-refractivity contribution in [3.63, 3.8) is 0 Å². The SMILES string of the molecule is O=C(O)Cc1cccc(NC(=O)c2ccc[nH]c2=O)c1. The van der Waals surface area contributed by atoms with Crippen LogP contribution in [0.4, 0.5) is 5.69 Å². The predicted molar refractivity (Wildman–Crippen MR) is 72.8 cm³/mol. The molecule has 0 spiro atoms.